The predicted molar refractivity (Wildman–Crippen MR) is 134 cm³/mol. The summed E-state index contributed by atoms with van der Waals surface area (Å²) >= 11 is 1.46. The van der Waals surface area contributed by atoms with Gasteiger partial charge >= 0.3 is 0 Å². The first-order valence-corrected chi connectivity index (χ1v) is 11.7. The summed E-state index contributed by atoms with van der Waals surface area (Å²) in [6.45, 7) is 0.763. The molecule has 5 rings (SSSR count). The van der Waals surface area contributed by atoms with Gasteiger partial charge in [0.25, 0.3) is 0 Å². The highest BCUT2D eigenvalue weighted by Crippen LogP contribution is 2.32. The molecule has 1 amide bonds. The van der Waals surface area contributed by atoms with Crippen molar-refractivity contribution in [2.24, 2.45) is 0 Å². The van der Waals surface area contributed by atoms with E-state index in [0.29, 0.717) is 29.1 Å². The number of ether oxygens (including phenoxy) is 1. The Morgan fingerprint density at radius 2 is 1.85 bits per heavy atom. The molecule has 0 N–H and O–H groups in total. The van der Waals surface area contributed by atoms with E-state index in [0.717, 1.165) is 21.5 Å². The number of thiazole rings is 1. The molecule has 7 nitrogen and oxygen atoms in total. The number of carbonyl (C=O) groups excluding carboxylic acids is 1. The van der Waals surface area contributed by atoms with E-state index in [2.05, 4.69) is 5.10 Å². The third kappa shape index (κ3) is 4.40. The molecule has 2 heterocycles. The molecule has 2 aromatic heterocycles. The molecule has 0 aliphatic carbocycles. The lowest BCUT2D eigenvalue weighted by Gasteiger charge is -2.20. The van der Waals surface area contributed by atoms with Crippen molar-refractivity contribution in [3.05, 3.63) is 94.8 Å². The molecular weight excluding hydrogens is 448 g/mol. The van der Waals surface area contributed by atoms with Crippen LogP contribution in [0.4, 0.5) is 5.13 Å². The number of aryl methyl sites for hydroxylation is 1. The van der Waals surface area contributed by atoms with Crippen LogP contribution in [0.5, 0.6) is 5.75 Å². The van der Waals surface area contributed by atoms with Crippen molar-refractivity contribution in [1.29, 1.82) is 0 Å². The number of hydrogen-bond acceptors (Lipinski definition) is 6. The molecule has 8 heteroatoms. The second kappa shape index (κ2) is 9.44. The zero-order chi connectivity index (χ0) is 23.5. The maximum Gasteiger partial charge on any atom is 0.230 e. The number of nitrogens with zero attached hydrogens (tertiary/aromatic N) is 4. The molecule has 0 unspecified atom stereocenters. The highest BCUT2D eigenvalue weighted by molar-refractivity contribution is 7.22. The zero-order valence-electron chi connectivity index (χ0n) is 18.5. The smallest absolute Gasteiger partial charge is 0.230 e. The molecule has 0 saturated carbocycles. The van der Waals surface area contributed by atoms with E-state index in [9.17, 15) is 9.59 Å². The number of aromatic nitrogens is 3. The number of amides is 1. The van der Waals surface area contributed by atoms with Crippen LogP contribution in [0.15, 0.2) is 83.8 Å². The van der Waals surface area contributed by atoms with E-state index in [4.69, 9.17) is 9.72 Å². The Morgan fingerprint density at radius 1 is 1.06 bits per heavy atom. The van der Waals surface area contributed by atoms with Crippen LogP contribution in [0.25, 0.3) is 21.1 Å². The van der Waals surface area contributed by atoms with Gasteiger partial charge in [-0.25, -0.2) is 4.98 Å². The number of rotatable bonds is 7. The molecule has 0 bridgehead atoms. The van der Waals surface area contributed by atoms with E-state index in [1.165, 1.54) is 17.5 Å². The van der Waals surface area contributed by atoms with Crippen LogP contribution in [-0.2, 0) is 17.9 Å². The minimum atomic E-state index is -0.131. The monoisotopic (exact) mass is 470 g/mol. The van der Waals surface area contributed by atoms with Gasteiger partial charge in [0, 0.05) is 11.8 Å². The molecule has 34 heavy (non-hydrogen) atoms. The number of benzene rings is 3. The Bertz CT molecular complexity index is 1530. The summed E-state index contributed by atoms with van der Waals surface area (Å²) in [6, 6.07) is 22.8. The first kappa shape index (κ1) is 21.8. The molecule has 3 aromatic carbocycles. The van der Waals surface area contributed by atoms with Gasteiger partial charge in [-0.05, 0) is 35.9 Å². The van der Waals surface area contributed by atoms with Crippen LogP contribution in [0.2, 0.25) is 0 Å². The number of methoxy groups -OCH3 is 1. The normalized spacial score (nSPS) is 11.1. The average Bonchev–Trinajstić information content (AvgIpc) is 3.30. The van der Waals surface area contributed by atoms with Crippen molar-refractivity contribution in [3.8, 4) is 5.75 Å². The lowest BCUT2D eigenvalue weighted by Crippen LogP contribution is -2.31. The highest BCUT2D eigenvalue weighted by atomic mass is 32.1. The minimum Gasteiger partial charge on any atom is -0.497 e. The maximum atomic E-state index is 13.5. The number of anilines is 1. The summed E-state index contributed by atoms with van der Waals surface area (Å²) in [4.78, 5) is 32.1. The van der Waals surface area contributed by atoms with E-state index in [1.54, 1.807) is 22.8 Å². The largest absolute Gasteiger partial charge is 0.497 e. The van der Waals surface area contributed by atoms with E-state index >= 15 is 0 Å². The molecule has 0 saturated heterocycles. The summed E-state index contributed by atoms with van der Waals surface area (Å²) in [6.07, 6.45) is 1.52. The predicted octanol–water partition coefficient (Wildman–Crippen LogP) is 4.64. The van der Waals surface area contributed by atoms with Crippen LogP contribution < -0.4 is 15.1 Å². The average molecular weight is 471 g/mol. The Hall–Kier alpha value is -4.04. The van der Waals surface area contributed by atoms with Crippen molar-refractivity contribution in [1.82, 2.24) is 14.8 Å². The second-order valence-electron chi connectivity index (χ2n) is 7.79. The molecule has 0 aliphatic heterocycles. The third-order valence-corrected chi connectivity index (χ3v) is 6.64. The molecule has 0 atom stereocenters. The van der Waals surface area contributed by atoms with Crippen molar-refractivity contribution in [2.45, 2.75) is 19.5 Å². The summed E-state index contributed by atoms with van der Waals surface area (Å²) in [5, 5.41) is 5.48. The molecule has 0 fully saturated rings. The number of para-hydroxylation sites is 1. The Balaban J connectivity index is 1.45. The van der Waals surface area contributed by atoms with Gasteiger partial charge in [0.15, 0.2) is 5.13 Å². The van der Waals surface area contributed by atoms with Gasteiger partial charge < -0.3 is 4.74 Å². The first-order valence-electron chi connectivity index (χ1n) is 10.9. The summed E-state index contributed by atoms with van der Waals surface area (Å²) in [5.74, 6) is 0.680. The van der Waals surface area contributed by atoms with E-state index in [1.807, 2.05) is 66.7 Å². The first-order chi connectivity index (χ1) is 16.6. The van der Waals surface area contributed by atoms with E-state index in [-0.39, 0.29) is 17.8 Å². The van der Waals surface area contributed by atoms with Crippen LogP contribution in [0.3, 0.4) is 0 Å². The van der Waals surface area contributed by atoms with Crippen LogP contribution in [-0.4, -0.2) is 27.8 Å². The van der Waals surface area contributed by atoms with Crippen molar-refractivity contribution in [3.63, 3.8) is 0 Å². The van der Waals surface area contributed by atoms with Gasteiger partial charge in [-0.15, -0.1) is 0 Å². The fourth-order valence-corrected chi connectivity index (χ4v) is 4.85. The van der Waals surface area contributed by atoms with Gasteiger partial charge in [-0.3, -0.25) is 19.2 Å². The highest BCUT2D eigenvalue weighted by Gasteiger charge is 2.21. The fraction of sp³-hybridized carbons (Fsp3) is 0.154. The molecular formula is C26H22N4O3S. The summed E-state index contributed by atoms with van der Waals surface area (Å²) < 4.78 is 7.99. The Morgan fingerprint density at radius 3 is 2.68 bits per heavy atom. The third-order valence-electron chi connectivity index (χ3n) is 5.60. The van der Waals surface area contributed by atoms with Gasteiger partial charge in [-0.1, -0.05) is 53.8 Å². The Kier molecular flexibility index (Phi) is 6.05. The Labute approximate surface area is 199 Å². The molecule has 0 radical (unpaired) electrons. The van der Waals surface area contributed by atoms with Crippen molar-refractivity contribution >= 4 is 43.5 Å². The zero-order valence-corrected chi connectivity index (χ0v) is 19.4. The van der Waals surface area contributed by atoms with Gasteiger partial charge in [-0.2, -0.15) is 5.10 Å². The summed E-state index contributed by atoms with van der Waals surface area (Å²) in [7, 11) is 1.63. The fourth-order valence-electron chi connectivity index (χ4n) is 3.84. The minimum absolute atomic E-state index is 0.0699. The lowest BCUT2D eigenvalue weighted by atomic mass is 10.2. The van der Waals surface area contributed by atoms with Crippen LogP contribution >= 0.6 is 11.3 Å². The van der Waals surface area contributed by atoms with Gasteiger partial charge in [0.05, 0.1) is 42.1 Å². The van der Waals surface area contributed by atoms with Gasteiger partial charge in [0.2, 0.25) is 11.3 Å². The summed E-state index contributed by atoms with van der Waals surface area (Å²) in [5.41, 5.74) is 2.41. The standard InChI is InChI=1S/C26H22N4O3S/c1-33-19-11-12-21-24(15-19)34-26(28-21)29(17-18-7-3-2-4-8-18)25(32)13-14-30-22-10-6-5-9-20(22)23(31)16-27-30/h2-12,15-16H,13-14,17H2,1H3. The lowest BCUT2D eigenvalue weighted by molar-refractivity contribution is -0.119. The van der Waals surface area contributed by atoms with Crippen LogP contribution in [0.1, 0.15) is 12.0 Å². The van der Waals surface area contributed by atoms with Gasteiger partial charge in [0.1, 0.15) is 5.75 Å². The topological polar surface area (TPSA) is 77.3 Å². The number of carbonyl (C=O) groups is 1. The quantitative estimate of drug-likeness (QED) is 0.346. The number of hydrogen-bond donors (Lipinski definition) is 0. The van der Waals surface area contributed by atoms with Crippen LogP contribution in [0, 0.1) is 0 Å². The SMILES string of the molecule is COc1ccc2nc(N(Cc3ccccc3)C(=O)CCn3ncc(=O)c4ccccc43)sc2c1. The molecule has 0 aliphatic rings. The molecule has 0 spiro atoms. The molecule has 5 aromatic rings. The van der Waals surface area contributed by atoms with Crippen molar-refractivity contribution in [2.75, 3.05) is 12.0 Å². The van der Waals surface area contributed by atoms with E-state index < -0.39 is 0 Å². The number of fused-ring (bicyclic) bond motifs is 2. The molecule has 170 valence electrons. The maximum absolute atomic E-state index is 13.5. The second-order valence-corrected chi connectivity index (χ2v) is 8.80. The van der Waals surface area contributed by atoms with Crippen molar-refractivity contribution < 1.29 is 9.53 Å².